The van der Waals surface area contributed by atoms with Crippen molar-refractivity contribution in [3.63, 3.8) is 0 Å². The third-order valence-corrected chi connectivity index (χ3v) is 5.87. The molecule has 0 fully saturated rings. The first-order chi connectivity index (χ1) is 14.4. The Hall–Kier alpha value is -2.12. The molecule has 4 nitrogen and oxygen atoms in total. The van der Waals surface area contributed by atoms with Crippen LogP contribution in [0.3, 0.4) is 0 Å². The van der Waals surface area contributed by atoms with Crippen LogP contribution in [0.1, 0.15) is 43.0 Å². The number of ether oxygens (including phenoxy) is 1. The Morgan fingerprint density at radius 3 is 2.60 bits per heavy atom. The van der Waals surface area contributed by atoms with Gasteiger partial charge in [-0.05, 0) is 42.2 Å². The lowest BCUT2D eigenvalue weighted by molar-refractivity contribution is -0.119. The number of aryl methyl sites for hydroxylation is 1. The van der Waals surface area contributed by atoms with E-state index in [-0.39, 0.29) is 29.7 Å². The Bertz CT molecular complexity index is 873. The number of benzene rings is 2. The SMILES string of the molecule is CCc1ccc2c(c1)[C@@H](NC[C@H](S)[C@H](Cc1cc(F)cc(F)c1)NC(C)=O)CCO2. The molecule has 0 spiro atoms. The first kappa shape index (κ1) is 22.6. The fourth-order valence-electron chi connectivity index (χ4n) is 3.81. The normalized spacial score (nSPS) is 17.6. The molecule has 0 radical (unpaired) electrons. The minimum atomic E-state index is -0.633. The second-order valence-corrected chi connectivity index (χ2v) is 8.34. The predicted octanol–water partition coefficient (Wildman–Crippen LogP) is 3.99. The molecule has 1 amide bonds. The van der Waals surface area contributed by atoms with Crippen LogP contribution in [0.2, 0.25) is 0 Å². The standard InChI is InChI=1S/C23H28F2N2O2S/c1-3-15-4-5-22-19(10-15)20(6-7-29-22)26-13-23(30)21(27-14(2)28)11-16-8-17(24)12-18(25)9-16/h4-5,8-10,12,20-21,23,26,30H,3,6-7,11,13H2,1-2H3,(H,27,28)/t20-,21-,23-/m0/s1. The number of fused-ring (bicyclic) bond motifs is 1. The van der Waals surface area contributed by atoms with Gasteiger partial charge in [-0.15, -0.1) is 0 Å². The van der Waals surface area contributed by atoms with Gasteiger partial charge in [0.25, 0.3) is 0 Å². The summed E-state index contributed by atoms with van der Waals surface area (Å²) in [5.41, 5.74) is 2.86. The molecule has 7 heteroatoms. The van der Waals surface area contributed by atoms with Crippen molar-refractivity contribution >= 4 is 18.5 Å². The Balaban J connectivity index is 1.69. The molecule has 2 N–H and O–H groups in total. The van der Waals surface area contributed by atoms with Gasteiger partial charge in [0.05, 0.1) is 6.61 Å². The smallest absolute Gasteiger partial charge is 0.217 e. The van der Waals surface area contributed by atoms with Crippen molar-refractivity contribution in [1.29, 1.82) is 0 Å². The summed E-state index contributed by atoms with van der Waals surface area (Å²) < 4.78 is 32.9. The fraction of sp³-hybridized carbons (Fsp3) is 0.435. The highest BCUT2D eigenvalue weighted by molar-refractivity contribution is 7.81. The molecule has 2 aromatic rings. The van der Waals surface area contributed by atoms with Crippen molar-refractivity contribution in [3.05, 3.63) is 64.7 Å². The molecule has 3 atom stereocenters. The second-order valence-electron chi connectivity index (χ2n) is 7.68. The van der Waals surface area contributed by atoms with Gasteiger partial charge in [0.2, 0.25) is 5.91 Å². The van der Waals surface area contributed by atoms with Crippen molar-refractivity contribution < 1.29 is 18.3 Å². The van der Waals surface area contributed by atoms with E-state index in [1.807, 2.05) is 6.07 Å². The largest absolute Gasteiger partial charge is 0.493 e. The topological polar surface area (TPSA) is 50.4 Å². The summed E-state index contributed by atoms with van der Waals surface area (Å²) in [7, 11) is 0. The maximum atomic E-state index is 13.6. The molecular weight excluding hydrogens is 406 g/mol. The van der Waals surface area contributed by atoms with Crippen LogP contribution in [0.25, 0.3) is 0 Å². The van der Waals surface area contributed by atoms with Gasteiger partial charge in [-0.3, -0.25) is 4.79 Å². The first-order valence-electron chi connectivity index (χ1n) is 10.2. The summed E-state index contributed by atoms with van der Waals surface area (Å²) in [6.07, 6.45) is 2.07. The number of carbonyl (C=O) groups is 1. The van der Waals surface area contributed by atoms with E-state index in [0.29, 0.717) is 18.7 Å². The summed E-state index contributed by atoms with van der Waals surface area (Å²) in [5, 5.41) is 6.15. The first-order valence-corrected chi connectivity index (χ1v) is 10.8. The Kier molecular flexibility index (Phi) is 7.72. The lowest BCUT2D eigenvalue weighted by atomic mass is 9.96. The van der Waals surface area contributed by atoms with Crippen LogP contribution >= 0.6 is 12.6 Å². The Morgan fingerprint density at radius 1 is 1.20 bits per heavy atom. The van der Waals surface area contributed by atoms with Crippen LogP contribution in [-0.4, -0.2) is 30.4 Å². The summed E-state index contributed by atoms with van der Waals surface area (Å²) in [4.78, 5) is 11.7. The molecule has 0 saturated carbocycles. The van der Waals surface area contributed by atoms with Gasteiger partial charge < -0.3 is 15.4 Å². The number of thiol groups is 1. The van der Waals surface area contributed by atoms with Crippen molar-refractivity contribution in [1.82, 2.24) is 10.6 Å². The lowest BCUT2D eigenvalue weighted by Gasteiger charge is -2.30. The minimum absolute atomic E-state index is 0.125. The molecule has 0 aliphatic carbocycles. The van der Waals surface area contributed by atoms with Gasteiger partial charge in [-0.1, -0.05) is 19.1 Å². The zero-order chi connectivity index (χ0) is 21.7. The number of halogens is 2. The third-order valence-electron chi connectivity index (χ3n) is 5.33. The molecule has 2 aromatic carbocycles. The molecule has 0 saturated heterocycles. The van der Waals surface area contributed by atoms with Crippen LogP contribution in [0.5, 0.6) is 5.75 Å². The highest BCUT2D eigenvalue weighted by Gasteiger charge is 2.25. The minimum Gasteiger partial charge on any atom is -0.493 e. The summed E-state index contributed by atoms with van der Waals surface area (Å²) >= 11 is 4.69. The van der Waals surface area contributed by atoms with Crippen LogP contribution in [0.15, 0.2) is 36.4 Å². The Labute approximate surface area is 181 Å². The van der Waals surface area contributed by atoms with Crippen LogP contribution in [0.4, 0.5) is 8.78 Å². The molecule has 0 bridgehead atoms. The van der Waals surface area contributed by atoms with Gasteiger partial charge in [0.15, 0.2) is 0 Å². The third kappa shape index (κ3) is 5.95. The highest BCUT2D eigenvalue weighted by atomic mass is 32.1. The number of hydrogen-bond acceptors (Lipinski definition) is 4. The maximum Gasteiger partial charge on any atom is 0.217 e. The number of nitrogens with one attached hydrogen (secondary N) is 2. The molecule has 30 heavy (non-hydrogen) atoms. The van der Waals surface area contributed by atoms with Crippen LogP contribution in [-0.2, 0) is 17.6 Å². The van der Waals surface area contributed by atoms with Crippen LogP contribution < -0.4 is 15.4 Å². The molecule has 3 rings (SSSR count). The van der Waals surface area contributed by atoms with E-state index < -0.39 is 11.6 Å². The van der Waals surface area contributed by atoms with Crippen molar-refractivity contribution in [2.24, 2.45) is 0 Å². The van der Waals surface area contributed by atoms with E-state index >= 15 is 0 Å². The van der Waals surface area contributed by atoms with Gasteiger partial charge in [-0.2, -0.15) is 12.6 Å². The quantitative estimate of drug-likeness (QED) is 0.551. The molecule has 0 unspecified atom stereocenters. The molecular formula is C23H28F2N2O2S. The highest BCUT2D eigenvalue weighted by Crippen LogP contribution is 2.33. The average Bonchev–Trinajstić information content (AvgIpc) is 2.70. The van der Waals surface area contributed by atoms with Gasteiger partial charge in [0, 0.05) is 48.9 Å². The van der Waals surface area contributed by atoms with E-state index in [1.54, 1.807) is 0 Å². The molecule has 1 heterocycles. The maximum absolute atomic E-state index is 13.6. The zero-order valence-electron chi connectivity index (χ0n) is 17.3. The van der Waals surface area contributed by atoms with Gasteiger partial charge in [-0.25, -0.2) is 8.78 Å². The summed E-state index contributed by atoms with van der Waals surface area (Å²) in [6.45, 7) is 4.69. The zero-order valence-corrected chi connectivity index (χ0v) is 18.1. The fourth-order valence-corrected chi connectivity index (χ4v) is 4.09. The van der Waals surface area contributed by atoms with Gasteiger partial charge >= 0.3 is 0 Å². The number of amides is 1. The predicted molar refractivity (Wildman–Crippen MR) is 117 cm³/mol. The summed E-state index contributed by atoms with van der Waals surface area (Å²) in [6, 6.07) is 9.41. The Morgan fingerprint density at radius 2 is 1.93 bits per heavy atom. The van der Waals surface area contributed by atoms with E-state index in [4.69, 9.17) is 17.4 Å². The van der Waals surface area contributed by atoms with Crippen LogP contribution in [0, 0.1) is 11.6 Å². The van der Waals surface area contributed by atoms with Crippen molar-refractivity contribution in [2.75, 3.05) is 13.2 Å². The number of rotatable bonds is 8. The van der Waals surface area contributed by atoms with Crippen molar-refractivity contribution in [2.45, 2.75) is 50.4 Å². The lowest BCUT2D eigenvalue weighted by Crippen LogP contribution is -2.46. The van der Waals surface area contributed by atoms with Crippen molar-refractivity contribution in [3.8, 4) is 5.75 Å². The molecule has 1 aliphatic rings. The summed E-state index contributed by atoms with van der Waals surface area (Å²) in [5.74, 6) is -0.586. The monoisotopic (exact) mass is 434 g/mol. The van der Waals surface area contributed by atoms with E-state index in [9.17, 15) is 13.6 Å². The van der Waals surface area contributed by atoms with E-state index in [1.165, 1.54) is 24.6 Å². The average molecular weight is 435 g/mol. The second kappa shape index (κ2) is 10.3. The molecule has 162 valence electrons. The number of hydrogen-bond donors (Lipinski definition) is 3. The van der Waals surface area contributed by atoms with E-state index in [2.05, 4.69) is 29.7 Å². The molecule has 1 aliphatic heterocycles. The number of carbonyl (C=O) groups excluding carboxylic acids is 1. The van der Waals surface area contributed by atoms with Gasteiger partial charge in [0.1, 0.15) is 17.4 Å². The molecule has 0 aromatic heterocycles. The van der Waals surface area contributed by atoms with E-state index in [0.717, 1.165) is 30.2 Å².